The van der Waals surface area contributed by atoms with Gasteiger partial charge in [-0.05, 0) is 25.7 Å². The molecule has 2 aromatic rings. The lowest BCUT2D eigenvalue weighted by molar-refractivity contribution is 0.185. The zero-order chi connectivity index (χ0) is 13.2. The summed E-state index contributed by atoms with van der Waals surface area (Å²) < 4.78 is 11.0. The largest absolute Gasteiger partial charge is 0.488 e. The van der Waals surface area contributed by atoms with Crippen molar-refractivity contribution < 1.29 is 9.15 Å². The van der Waals surface area contributed by atoms with Crippen LogP contribution in [0.25, 0.3) is 11.1 Å². The SMILES string of the molecule is Nc1cc2oc(=O)[nH]c2cc1OC1CCCCCC1. The molecule has 1 aromatic carbocycles. The van der Waals surface area contributed by atoms with Gasteiger partial charge in [-0.2, -0.15) is 0 Å². The molecule has 5 nitrogen and oxygen atoms in total. The summed E-state index contributed by atoms with van der Waals surface area (Å²) in [7, 11) is 0. The van der Waals surface area contributed by atoms with Crippen LogP contribution >= 0.6 is 0 Å². The van der Waals surface area contributed by atoms with Crippen LogP contribution in [0.3, 0.4) is 0 Å². The third-order valence-corrected chi connectivity index (χ3v) is 3.65. The summed E-state index contributed by atoms with van der Waals surface area (Å²) in [6.45, 7) is 0. The van der Waals surface area contributed by atoms with Crippen LogP contribution in [0.4, 0.5) is 5.69 Å². The first-order valence-corrected chi connectivity index (χ1v) is 6.81. The number of nitrogen functional groups attached to an aromatic ring is 1. The summed E-state index contributed by atoms with van der Waals surface area (Å²) in [6.07, 6.45) is 7.33. The number of benzene rings is 1. The van der Waals surface area contributed by atoms with Crippen LogP contribution in [0.1, 0.15) is 38.5 Å². The Morgan fingerprint density at radius 3 is 2.68 bits per heavy atom. The Morgan fingerprint density at radius 2 is 1.95 bits per heavy atom. The normalized spacial score (nSPS) is 17.5. The number of hydrogen-bond donors (Lipinski definition) is 2. The van der Waals surface area contributed by atoms with Crippen LogP contribution < -0.4 is 16.2 Å². The fraction of sp³-hybridized carbons (Fsp3) is 0.500. The molecule has 0 amide bonds. The Morgan fingerprint density at radius 1 is 1.21 bits per heavy atom. The van der Waals surface area contributed by atoms with Crippen LogP contribution in [0.5, 0.6) is 5.75 Å². The Kier molecular flexibility index (Phi) is 3.19. The standard InChI is InChI=1S/C14H18N2O3/c15-10-7-13-11(16-14(17)19-13)8-12(10)18-9-5-3-1-2-4-6-9/h7-9H,1-6,15H2,(H,16,17). The summed E-state index contributed by atoms with van der Waals surface area (Å²) in [5.41, 5.74) is 7.56. The van der Waals surface area contributed by atoms with Crippen molar-refractivity contribution in [1.29, 1.82) is 0 Å². The molecule has 1 aliphatic carbocycles. The van der Waals surface area contributed by atoms with Gasteiger partial charge in [-0.3, -0.25) is 4.98 Å². The summed E-state index contributed by atoms with van der Waals surface area (Å²) in [4.78, 5) is 13.8. The summed E-state index contributed by atoms with van der Waals surface area (Å²) in [5, 5.41) is 0. The highest BCUT2D eigenvalue weighted by molar-refractivity contribution is 5.80. The average molecular weight is 262 g/mol. The highest BCUT2D eigenvalue weighted by atomic mass is 16.5. The quantitative estimate of drug-likeness (QED) is 0.644. The maximum Gasteiger partial charge on any atom is 0.417 e. The molecule has 1 heterocycles. The molecule has 19 heavy (non-hydrogen) atoms. The maximum atomic E-state index is 11.1. The summed E-state index contributed by atoms with van der Waals surface area (Å²) >= 11 is 0. The van der Waals surface area contributed by atoms with E-state index in [-0.39, 0.29) is 6.10 Å². The molecule has 0 spiro atoms. The van der Waals surface area contributed by atoms with E-state index in [2.05, 4.69) is 4.98 Å². The minimum absolute atomic E-state index is 0.223. The third-order valence-electron chi connectivity index (χ3n) is 3.65. The van der Waals surface area contributed by atoms with Crippen molar-refractivity contribution in [1.82, 2.24) is 4.98 Å². The van der Waals surface area contributed by atoms with Crippen molar-refractivity contribution in [2.75, 3.05) is 5.73 Å². The molecular formula is C14H18N2O3. The van der Waals surface area contributed by atoms with Crippen LogP contribution in [0.15, 0.2) is 21.3 Å². The average Bonchev–Trinajstić information content (AvgIpc) is 2.59. The Balaban J connectivity index is 1.86. The fourth-order valence-electron chi connectivity index (χ4n) is 2.63. The van der Waals surface area contributed by atoms with E-state index in [4.69, 9.17) is 14.9 Å². The van der Waals surface area contributed by atoms with Gasteiger partial charge in [0.2, 0.25) is 0 Å². The number of H-pyrrole nitrogens is 1. The van der Waals surface area contributed by atoms with Crippen molar-refractivity contribution in [2.24, 2.45) is 0 Å². The molecule has 0 aliphatic heterocycles. The zero-order valence-electron chi connectivity index (χ0n) is 10.8. The lowest BCUT2D eigenvalue weighted by Gasteiger charge is -2.18. The number of rotatable bonds is 2. The lowest BCUT2D eigenvalue weighted by atomic mass is 10.1. The first-order valence-electron chi connectivity index (χ1n) is 6.81. The van der Waals surface area contributed by atoms with Gasteiger partial charge in [0.05, 0.1) is 17.3 Å². The summed E-state index contributed by atoms with van der Waals surface area (Å²) in [6, 6.07) is 3.39. The molecule has 0 atom stereocenters. The highest BCUT2D eigenvalue weighted by Crippen LogP contribution is 2.30. The number of anilines is 1. The molecule has 0 bridgehead atoms. The molecule has 1 aliphatic rings. The van der Waals surface area contributed by atoms with Crippen molar-refractivity contribution >= 4 is 16.8 Å². The van der Waals surface area contributed by atoms with Gasteiger partial charge in [0.1, 0.15) is 5.75 Å². The Bertz CT molecular complexity index is 621. The van der Waals surface area contributed by atoms with Crippen molar-refractivity contribution in [2.45, 2.75) is 44.6 Å². The molecule has 0 radical (unpaired) electrons. The first-order chi connectivity index (χ1) is 9.22. The number of aromatic nitrogens is 1. The van der Waals surface area contributed by atoms with Crippen molar-refractivity contribution in [3.8, 4) is 5.75 Å². The number of nitrogens with two attached hydrogens (primary N) is 1. The van der Waals surface area contributed by atoms with Gasteiger partial charge in [0, 0.05) is 12.1 Å². The van der Waals surface area contributed by atoms with Gasteiger partial charge in [0.25, 0.3) is 0 Å². The van der Waals surface area contributed by atoms with E-state index in [0.717, 1.165) is 12.8 Å². The number of fused-ring (bicyclic) bond motifs is 1. The van der Waals surface area contributed by atoms with Gasteiger partial charge in [-0.1, -0.05) is 12.8 Å². The highest BCUT2D eigenvalue weighted by Gasteiger charge is 2.16. The van der Waals surface area contributed by atoms with E-state index >= 15 is 0 Å². The van der Waals surface area contributed by atoms with Gasteiger partial charge in [-0.15, -0.1) is 0 Å². The predicted octanol–water partition coefficient (Wildman–Crippen LogP) is 2.80. The van der Waals surface area contributed by atoms with E-state index in [1.165, 1.54) is 25.7 Å². The van der Waals surface area contributed by atoms with Gasteiger partial charge in [0.15, 0.2) is 5.58 Å². The van der Waals surface area contributed by atoms with E-state index in [0.29, 0.717) is 22.5 Å². The van der Waals surface area contributed by atoms with Crippen LogP contribution in [0.2, 0.25) is 0 Å². The second kappa shape index (κ2) is 4.99. The number of oxazole rings is 1. The molecule has 0 unspecified atom stereocenters. The molecule has 1 fully saturated rings. The van der Waals surface area contributed by atoms with E-state index in [1.54, 1.807) is 12.1 Å². The number of ether oxygens (including phenoxy) is 1. The molecule has 102 valence electrons. The first kappa shape index (κ1) is 12.1. The molecular weight excluding hydrogens is 244 g/mol. The van der Waals surface area contributed by atoms with Crippen molar-refractivity contribution in [3.63, 3.8) is 0 Å². The number of aromatic amines is 1. The molecule has 5 heteroatoms. The monoisotopic (exact) mass is 262 g/mol. The van der Waals surface area contributed by atoms with E-state index in [1.807, 2.05) is 0 Å². The van der Waals surface area contributed by atoms with Gasteiger partial charge < -0.3 is 14.9 Å². The molecule has 3 N–H and O–H groups in total. The number of nitrogens with one attached hydrogen (secondary N) is 1. The lowest BCUT2D eigenvalue weighted by Crippen LogP contribution is -2.15. The number of hydrogen-bond acceptors (Lipinski definition) is 4. The smallest absolute Gasteiger partial charge is 0.417 e. The minimum atomic E-state index is -0.471. The minimum Gasteiger partial charge on any atom is -0.488 e. The Hall–Kier alpha value is -1.91. The maximum absolute atomic E-state index is 11.1. The second-order valence-electron chi connectivity index (χ2n) is 5.13. The van der Waals surface area contributed by atoms with Crippen molar-refractivity contribution in [3.05, 3.63) is 22.7 Å². The van der Waals surface area contributed by atoms with Crippen LogP contribution in [-0.2, 0) is 0 Å². The van der Waals surface area contributed by atoms with E-state index in [9.17, 15) is 4.79 Å². The van der Waals surface area contributed by atoms with Gasteiger partial charge in [-0.25, -0.2) is 4.79 Å². The van der Waals surface area contributed by atoms with Crippen LogP contribution in [0, 0.1) is 0 Å². The zero-order valence-corrected chi connectivity index (χ0v) is 10.8. The fourth-order valence-corrected chi connectivity index (χ4v) is 2.63. The molecule has 3 rings (SSSR count). The third kappa shape index (κ3) is 2.59. The predicted molar refractivity (Wildman–Crippen MR) is 73.4 cm³/mol. The molecule has 0 saturated heterocycles. The Labute approximate surface area is 110 Å². The summed E-state index contributed by atoms with van der Waals surface area (Å²) in [5.74, 6) is 0.164. The van der Waals surface area contributed by atoms with Crippen LogP contribution in [-0.4, -0.2) is 11.1 Å². The van der Waals surface area contributed by atoms with E-state index < -0.39 is 5.76 Å². The van der Waals surface area contributed by atoms with Gasteiger partial charge >= 0.3 is 5.76 Å². The second-order valence-corrected chi connectivity index (χ2v) is 5.13. The topological polar surface area (TPSA) is 81.2 Å². The molecule has 1 saturated carbocycles. The molecule has 1 aromatic heterocycles.